The van der Waals surface area contributed by atoms with E-state index in [1.807, 2.05) is 49.9 Å². The second-order valence-corrected chi connectivity index (χ2v) is 11.3. The quantitative estimate of drug-likeness (QED) is 0.510. The minimum atomic E-state index is -4.21. The maximum absolute atomic E-state index is 12.7. The Balaban J connectivity index is 2.41. The third kappa shape index (κ3) is 6.88. The number of aliphatic hydroxyl groups excluding tert-OH is 1. The Morgan fingerprint density at radius 2 is 1.78 bits per heavy atom. The second kappa shape index (κ2) is 10.1. The molecule has 0 saturated heterocycles. The number of hydrogen-bond acceptors (Lipinski definition) is 7. The van der Waals surface area contributed by atoms with Gasteiger partial charge in [-0.3, -0.25) is 0 Å². The standard InChI is InChI=1S/C23H31NO6S2/c1-14(2)21(25)18-13-17(32(27,28)24-22(26)30-23(4,5)6)9-10-19(18)29-16-8-11-20(31-7)15(3)12-16/h8-14,21,25H,1-7H3,(H,24,26). The molecule has 0 aliphatic carbocycles. The number of ether oxygens (including phenoxy) is 2. The molecule has 2 N–H and O–H groups in total. The molecule has 0 radical (unpaired) electrons. The molecule has 0 spiro atoms. The number of carbonyl (C=O) groups is 1. The van der Waals surface area contributed by atoms with Crippen molar-refractivity contribution < 1.29 is 27.8 Å². The van der Waals surface area contributed by atoms with Gasteiger partial charge in [-0.05, 0) is 81.8 Å². The predicted molar refractivity (Wildman–Crippen MR) is 126 cm³/mol. The van der Waals surface area contributed by atoms with Gasteiger partial charge in [-0.25, -0.2) is 17.9 Å². The third-order valence-corrected chi connectivity index (χ3v) is 6.66. The van der Waals surface area contributed by atoms with Crippen LogP contribution in [0.4, 0.5) is 4.79 Å². The van der Waals surface area contributed by atoms with Gasteiger partial charge in [0.15, 0.2) is 0 Å². The number of aliphatic hydroxyl groups is 1. The SMILES string of the molecule is CSc1ccc(Oc2ccc(S(=O)(=O)NC(=O)OC(C)(C)C)cc2C(O)C(C)C)cc1C. The molecule has 7 nitrogen and oxygen atoms in total. The van der Waals surface area contributed by atoms with Crippen LogP contribution in [0.25, 0.3) is 0 Å². The Morgan fingerprint density at radius 3 is 2.31 bits per heavy atom. The highest BCUT2D eigenvalue weighted by Crippen LogP contribution is 2.36. The zero-order chi connectivity index (χ0) is 24.3. The molecule has 2 rings (SSSR count). The van der Waals surface area contributed by atoms with E-state index in [9.17, 15) is 18.3 Å². The minimum absolute atomic E-state index is 0.181. The van der Waals surface area contributed by atoms with Crippen LogP contribution in [-0.2, 0) is 14.8 Å². The molecule has 0 bridgehead atoms. The van der Waals surface area contributed by atoms with Crippen LogP contribution in [0.5, 0.6) is 11.5 Å². The smallest absolute Gasteiger partial charge is 0.421 e. The summed E-state index contributed by atoms with van der Waals surface area (Å²) in [6, 6.07) is 9.75. The molecule has 2 aromatic rings. The van der Waals surface area contributed by atoms with Crippen LogP contribution >= 0.6 is 11.8 Å². The number of thioether (sulfide) groups is 1. The lowest BCUT2D eigenvalue weighted by Gasteiger charge is -2.21. The van der Waals surface area contributed by atoms with Crippen molar-refractivity contribution in [2.75, 3.05) is 6.26 Å². The second-order valence-electron chi connectivity index (χ2n) is 8.73. The van der Waals surface area contributed by atoms with Crippen molar-refractivity contribution in [3.05, 3.63) is 47.5 Å². The molecule has 0 aliphatic heterocycles. The normalized spacial score (nSPS) is 13.0. The van der Waals surface area contributed by atoms with Crippen LogP contribution in [0.1, 0.15) is 51.8 Å². The van der Waals surface area contributed by atoms with Crippen LogP contribution < -0.4 is 9.46 Å². The molecule has 0 heterocycles. The molecule has 176 valence electrons. The van der Waals surface area contributed by atoms with Crippen molar-refractivity contribution in [1.29, 1.82) is 0 Å². The summed E-state index contributed by atoms with van der Waals surface area (Å²) in [5.41, 5.74) is 0.501. The van der Waals surface area contributed by atoms with E-state index in [1.54, 1.807) is 32.5 Å². The average Bonchev–Trinajstić information content (AvgIpc) is 2.65. The first kappa shape index (κ1) is 26.0. The molecule has 0 aromatic heterocycles. The van der Waals surface area contributed by atoms with Crippen LogP contribution in [-0.4, -0.2) is 31.5 Å². The Hall–Kier alpha value is -2.23. The summed E-state index contributed by atoms with van der Waals surface area (Å²) in [6.45, 7) is 10.5. The first-order valence-electron chi connectivity index (χ1n) is 10.1. The predicted octanol–water partition coefficient (Wildman–Crippen LogP) is 5.41. The Labute approximate surface area is 194 Å². The van der Waals surface area contributed by atoms with Crippen molar-refractivity contribution >= 4 is 27.9 Å². The van der Waals surface area contributed by atoms with Crippen molar-refractivity contribution in [1.82, 2.24) is 4.72 Å². The molecule has 0 saturated carbocycles. The molecule has 1 atom stereocenters. The first-order chi connectivity index (χ1) is 14.7. The fourth-order valence-electron chi connectivity index (χ4n) is 2.89. The molecule has 0 aliphatic rings. The van der Waals surface area contributed by atoms with Crippen LogP contribution in [0.15, 0.2) is 46.2 Å². The van der Waals surface area contributed by atoms with Gasteiger partial charge < -0.3 is 14.6 Å². The van der Waals surface area contributed by atoms with Crippen LogP contribution in [0.2, 0.25) is 0 Å². The van der Waals surface area contributed by atoms with Gasteiger partial charge in [-0.1, -0.05) is 13.8 Å². The minimum Gasteiger partial charge on any atom is -0.457 e. The molecule has 1 unspecified atom stereocenters. The average molecular weight is 482 g/mol. The van der Waals surface area contributed by atoms with Crippen LogP contribution in [0, 0.1) is 12.8 Å². The topological polar surface area (TPSA) is 102 Å². The number of amides is 1. The molecular formula is C23H31NO6S2. The zero-order valence-corrected chi connectivity index (χ0v) is 21.1. The summed E-state index contributed by atoms with van der Waals surface area (Å²) in [7, 11) is -4.21. The van der Waals surface area contributed by atoms with Crippen molar-refractivity contribution in [2.24, 2.45) is 5.92 Å². The van der Waals surface area contributed by atoms with Gasteiger partial charge in [0, 0.05) is 10.5 Å². The van der Waals surface area contributed by atoms with Gasteiger partial charge in [0.1, 0.15) is 17.1 Å². The molecular weight excluding hydrogens is 450 g/mol. The van der Waals surface area contributed by atoms with E-state index in [0.29, 0.717) is 17.1 Å². The molecule has 0 fully saturated rings. The van der Waals surface area contributed by atoms with Crippen LogP contribution in [0.3, 0.4) is 0 Å². The Bertz CT molecular complexity index is 1070. The van der Waals surface area contributed by atoms with E-state index in [2.05, 4.69) is 0 Å². The van der Waals surface area contributed by atoms with Gasteiger partial charge in [0.2, 0.25) is 0 Å². The highest BCUT2D eigenvalue weighted by Gasteiger charge is 2.26. The van der Waals surface area contributed by atoms with Gasteiger partial charge >= 0.3 is 6.09 Å². The van der Waals surface area contributed by atoms with Crippen molar-refractivity contribution in [3.8, 4) is 11.5 Å². The fourth-order valence-corrected chi connectivity index (χ4v) is 4.38. The molecule has 1 amide bonds. The van der Waals surface area contributed by atoms with E-state index >= 15 is 0 Å². The maximum atomic E-state index is 12.7. The molecule has 32 heavy (non-hydrogen) atoms. The fraction of sp³-hybridized carbons (Fsp3) is 0.435. The third-order valence-electron chi connectivity index (χ3n) is 4.45. The Kier molecular flexibility index (Phi) is 8.25. The summed E-state index contributed by atoms with van der Waals surface area (Å²) < 4.78 is 38.4. The number of hydrogen-bond donors (Lipinski definition) is 2. The number of rotatable bonds is 7. The lowest BCUT2D eigenvalue weighted by molar-refractivity contribution is 0.0570. The summed E-state index contributed by atoms with van der Waals surface area (Å²) in [4.78, 5) is 12.9. The highest BCUT2D eigenvalue weighted by molar-refractivity contribution is 7.98. The zero-order valence-electron chi connectivity index (χ0n) is 19.4. The number of sulfonamides is 1. The van der Waals surface area contributed by atoms with Gasteiger partial charge in [-0.2, -0.15) is 0 Å². The lowest BCUT2D eigenvalue weighted by atomic mass is 9.98. The first-order valence-corrected chi connectivity index (χ1v) is 12.8. The number of aryl methyl sites for hydroxylation is 1. The van der Waals surface area contributed by atoms with Crippen molar-refractivity contribution in [2.45, 2.75) is 63.0 Å². The molecule has 2 aromatic carbocycles. The van der Waals surface area contributed by atoms with Crippen molar-refractivity contribution in [3.63, 3.8) is 0 Å². The largest absolute Gasteiger partial charge is 0.457 e. The van der Waals surface area contributed by atoms with Gasteiger partial charge in [-0.15, -0.1) is 11.8 Å². The summed E-state index contributed by atoms with van der Waals surface area (Å²) >= 11 is 1.63. The van der Waals surface area contributed by atoms with E-state index < -0.39 is 27.8 Å². The van der Waals surface area contributed by atoms with E-state index in [0.717, 1.165) is 10.5 Å². The maximum Gasteiger partial charge on any atom is 0.421 e. The number of benzene rings is 2. The number of nitrogens with one attached hydrogen (secondary N) is 1. The summed E-state index contributed by atoms with van der Waals surface area (Å²) in [6.07, 6.45) is -0.0638. The van der Waals surface area contributed by atoms with Gasteiger partial charge in [0.05, 0.1) is 11.0 Å². The summed E-state index contributed by atoms with van der Waals surface area (Å²) in [5.74, 6) is 0.702. The molecule has 9 heteroatoms. The lowest BCUT2D eigenvalue weighted by Crippen LogP contribution is -2.36. The monoisotopic (exact) mass is 481 g/mol. The van der Waals surface area contributed by atoms with E-state index in [-0.39, 0.29) is 10.8 Å². The highest BCUT2D eigenvalue weighted by atomic mass is 32.2. The van der Waals surface area contributed by atoms with E-state index in [1.165, 1.54) is 18.2 Å². The Morgan fingerprint density at radius 1 is 1.12 bits per heavy atom. The van der Waals surface area contributed by atoms with E-state index in [4.69, 9.17) is 9.47 Å². The number of carbonyl (C=O) groups excluding carboxylic acids is 1. The van der Waals surface area contributed by atoms with Gasteiger partial charge in [0.25, 0.3) is 10.0 Å². The summed E-state index contributed by atoms with van der Waals surface area (Å²) in [5, 5.41) is 10.7.